The summed E-state index contributed by atoms with van der Waals surface area (Å²) in [6.07, 6.45) is 22.4. The first-order valence-electron chi connectivity index (χ1n) is 11.6. The molecule has 0 aliphatic heterocycles. The molecule has 0 aliphatic carbocycles. The molecule has 28 heavy (non-hydrogen) atoms. The van der Waals surface area contributed by atoms with Crippen LogP contribution in [0.2, 0.25) is 0 Å². The lowest BCUT2D eigenvalue weighted by Gasteiger charge is -2.04. The summed E-state index contributed by atoms with van der Waals surface area (Å²) in [5, 5.41) is 20.3. The molecule has 0 amide bonds. The standard InChI is InChI=1S/C24H41NO3/c1-2-3-4-5-6-7-8-9-10-11-12-13-14-15-16-17-18-22-19-20-24(26)23(21-22)25(27)28/h19-21,26H,2-18H2,1H3. The van der Waals surface area contributed by atoms with Crippen LogP contribution < -0.4 is 0 Å². The number of nitro benzene ring substituents is 1. The van der Waals surface area contributed by atoms with E-state index >= 15 is 0 Å². The smallest absolute Gasteiger partial charge is 0.310 e. The van der Waals surface area contributed by atoms with E-state index < -0.39 is 4.92 Å². The van der Waals surface area contributed by atoms with E-state index in [-0.39, 0.29) is 11.4 Å². The third-order valence-electron chi connectivity index (χ3n) is 5.56. The molecule has 0 saturated heterocycles. The summed E-state index contributed by atoms with van der Waals surface area (Å²) in [6.45, 7) is 2.27. The molecule has 1 aromatic carbocycles. The third-order valence-corrected chi connectivity index (χ3v) is 5.56. The van der Waals surface area contributed by atoms with Crippen molar-refractivity contribution in [1.29, 1.82) is 0 Å². The van der Waals surface area contributed by atoms with Gasteiger partial charge in [0.05, 0.1) is 4.92 Å². The Morgan fingerprint density at radius 2 is 1.18 bits per heavy atom. The Kier molecular flexibility index (Phi) is 14.3. The number of aromatic hydroxyl groups is 1. The maximum Gasteiger partial charge on any atom is 0.310 e. The summed E-state index contributed by atoms with van der Waals surface area (Å²) in [5.74, 6) is -0.249. The van der Waals surface area contributed by atoms with Gasteiger partial charge in [-0.2, -0.15) is 0 Å². The van der Waals surface area contributed by atoms with Crippen molar-refractivity contribution in [2.24, 2.45) is 0 Å². The molecule has 0 heterocycles. The van der Waals surface area contributed by atoms with Crippen molar-refractivity contribution in [3.8, 4) is 5.75 Å². The second-order valence-corrected chi connectivity index (χ2v) is 8.13. The molecule has 0 unspecified atom stereocenters. The normalized spacial score (nSPS) is 11.0. The average Bonchev–Trinajstić information content (AvgIpc) is 2.68. The number of rotatable bonds is 18. The summed E-state index contributed by atoms with van der Waals surface area (Å²) in [6, 6.07) is 4.72. The molecule has 1 aromatic rings. The van der Waals surface area contributed by atoms with Gasteiger partial charge in [0.15, 0.2) is 5.75 Å². The highest BCUT2D eigenvalue weighted by Gasteiger charge is 2.13. The van der Waals surface area contributed by atoms with E-state index in [0.29, 0.717) is 0 Å². The minimum Gasteiger partial charge on any atom is -0.502 e. The van der Waals surface area contributed by atoms with Crippen LogP contribution in [-0.2, 0) is 6.42 Å². The van der Waals surface area contributed by atoms with Crippen LogP contribution in [-0.4, -0.2) is 10.0 Å². The van der Waals surface area contributed by atoms with Gasteiger partial charge < -0.3 is 5.11 Å². The van der Waals surface area contributed by atoms with Crippen molar-refractivity contribution in [1.82, 2.24) is 0 Å². The van der Waals surface area contributed by atoms with E-state index in [4.69, 9.17) is 0 Å². The lowest BCUT2D eigenvalue weighted by Crippen LogP contribution is -1.92. The molecular formula is C24H41NO3. The molecule has 0 fully saturated rings. The average molecular weight is 392 g/mol. The Morgan fingerprint density at radius 3 is 1.61 bits per heavy atom. The fourth-order valence-electron chi connectivity index (χ4n) is 3.75. The minimum absolute atomic E-state index is 0.186. The van der Waals surface area contributed by atoms with E-state index in [0.717, 1.165) is 18.4 Å². The Labute approximate surface area is 171 Å². The number of unbranched alkanes of at least 4 members (excludes halogenated alkanes) is 15. The largest absolute Gasteiger partial charge is 0.502 e. The van der Waals surface area contributed by atoms with Crippen molar-refractivity contribution in [2.45, 2.75) is 116 Å². The molecule has 0 spiro atoms. The number of benzene rings is 1. The summed E-state index contributed by atoms with van der Waals surface area (Å²) < 4.78 is 0. The van der Waals surface area contributed by atoms with Gasteiger partial charge in [0.1, 0.15) is 0 Å². The van der Waals surface area contributed by atoms with E-state index in [9.17, 15) is 15.2 Å². The second-order valence-electron chi connectivity index (χ2n) is 8.13. The molecule has 0 aliphatic rings. The van der Waals surface area contributed by atoms with Crippen LogP contribution in [0.1, 0.15) is 115 Å². The number of nitrogens with zero attached hydrogens (tertiary/aromatic N) is 1. The summed E-state index contributed by atoms with van der Waals surface area (Å²) in [7, 11) is 0. The molecule has 1 N–H and O–H groups in total. The SMILES string of the molecule is CCCCCCCCCCCCCCCCCCc1ccc(O)c([N+](=O)[O-])c1. The van der Waals surface area contributed by atoms with Crippen LogP contribution >= 0.6 is 0 Å². The van der Waals surface area contributed by atoms with Crippen molar-refractivity contribution < 1.29 is 10.0 Å². The van der Waals surface area contributed by atoms with Crippen molar-refractivity contribution in [3.05, 3.63) is 33.9 Å². The highest BCUT2D eigenvalue weighted by molar-refractivity contribution is 5.47. The molecule has 4 nitrogen and oxygen atoms in total. The van der Waals surface area contributed by atoms with Crippen LogP contribution in [0, 0.1) is 10.1 Å². The predicted molar refractivity (Wildman–Crippen MR) is 118 cm³/mol. The highest BCUT2D eigenvalue weighted by Crippen LogP contribution is 2.27. The van der Waals surface area contributed by atoms with Crippen molar-refractivity contribution >= 4 is 5.69 Å². The zero-order chi connectivity index (χ0) is 20.5. The highest BCUT2D eigenvalue weighted by atomic mass is 16.6. The first-order chi connectivity index (χ1) is 13.6. The number of hydrogen-bond acceptors (Lipinski definition) is 3. The minimum atomic E-state index is -0.521. The fraction of sp³-hybridized carbons (Fsp3) is 0.750. The first kappa shape index (κ1) is 24.5. The number of aryl methyl sites for hydroxylation is 1. The second kappa shape index (κ2) is 16.4. The zero-order valence-electron chi connectivity index (χ0n) is 18.0. The van der Waals surface area contributed by atoms with Crippen molar-refractivity contribution in [3.63, 3.8) is 0 Å². The third kappa shape index (κ3) is 12.0. The van der Waals surface area contributed by atoms with Gasteiger partial charge in [-0.15, -0.1) is 0 Å². The van der Waals surface area contributed by atoms with Gasteiger partial charge in [-0.3, -0.25) is 10.1 Å². The van der Waals surface area contributed by atoms with Gasteiger partial charge in [-0.1, -0.05) is 109 Å². The monoisotopic (exact) mass is 391 g/mol. The summed E-state index contributed by atoms with van der Waals surface area (Å²) in [5.41, 5.74) is 0.754. The number of phenolic OH excluding ortho intramolecular Hbond substituents is 1. The maximum atomic E-state index is 10.8. The van der Waals surface area contributed by atoms with Crippen LogP contribution in [0.5, 0.6) is 5.75 Å². The number of nitro groups is 1. The maximum absolute atomic E-state index is 10.8. The quantitative estimate of drug-likeness (QED) is 0.156. The van der Waals surface area contributed by atoms with Crippen LogP contribution in [0.3, 0.4) is 0 Å². The Balaban J connectivity index is 1.88. The molecule has 0 atom stereocenters. The molecule has 0 saturated carbocycles. The predicted octanol–water partition coefficient (Wildman–Crippen LogP) is 8.10. The van der Waals surface area contributed by atoms with Gasteiger partial charge in [0.2, 0.25) is 0 Å². The van der Waals surface area contributed by atoms with Gasteiger partial charge >= 0.3 is 5.69 Å². The molecule has 160 valence electrons. The Bertz CT molecular complexity index is 531. The molecule has 0 bridgehead atoms. The lowest BCUT2D eigenvalue weighted by atomic mass is 10.0. The fourth-order valence-corrected chi connectivity index (χ4v) is 3.75. The Morgan fingerprint density at radius 1 is 0.750 bits per heavy atom. The van der Waals surface area contributed by atoms with E-state index in [2.05, 4.69) is 6.92 Å². The molecular weight excluding hydrogens is 350 g/mol. The molecule has 1 rings (SSSR count). The first-order valence-corrected chi connectivity index (χ1v) is 11.6. The number of phenols is 1. The number of hydrogen-bond donors (Lipinski definition) is 1. The van der Waals surface area contributed by atoms with Gasteiger partial charge in [0, 0.05) is 6.07 Å². The molecule has 0 radical (unpaired) electrons. The lowest BCUT2D eigenvalue weighted by molar-refractivity contribution is -0.385. The van der Waals surface area contributed by atoms with E-state index in [1.807, 2.05) is 0 Å². The van der Waals surface area contributed by atoms with Gasteiger partial charge in [-0.25, -0.2) is 0 Å². The van der Waals surface area contributed by atoms with Crippen LogP contribution in [0.25, 0.3) is 0 Å². The van der Waals surface area contributed by atoms with E-state index in [1.54, 1.807) is 6.07 Å². The Hall–Kier alpha value is -1.58. The van der Waals surface area contributed by atoms with Gasteiger partial charge in [0.25, 0.3) is 0 Å². The van der Waals surface area contributed by atoms with Gasteiger partial charge in [-0.05, 0) is 24.5 Å². The topological polar surface area (TPSA) is 63.4 Å². The van der Waals surface area contributed by atoms with Crippen molar-refractivity contribution in [2.75, 3.05) is 0 Å². The molecule has 4 heteroatoms. The molecule has 0 aromatic heterocycles. The summed E-state index contributed by atoms with van der Waals surface area (Å²) >= 11 is 0. The van der Waals surface area contributed by atoms with Crippen LogP contribution in [0.15, 0.2) is 18.2 Å². The van der Waals surface area contributed by atoms with Crippen LogP contribution in [0.4, 0.5) is 5.69 Å². The summed E-state index contributed by atoms with van der Waals surface area (Å²) in [4.78, 5) is 10.3. The van der Waals surface area contributed by atoms with E-state index in [1.165, 1.54) is 108 Å². The zero-order valence-corrected chi connectivity index (χ0v) is 18.0.